The molecule has 0 aliphatic carbocycles. The zero-order valence-corrected chi connectivity index (χ0v) is 17.2. The van der Waals surface area contributed by atoms with E-state index < -0.39 is 0 Å². The third kappa shape index (κ3) is 5.81. The zero-order chi connectivity index (χ0) is 19.8. The first-order valence-corrected chi connectivity index (χ1v) is 11.0. The van der Waals surface area contributed by atoms with Gasteiger partial charge in [-0.25, -0.2) is 0 Å². The van der Waals surface area contributed by atoms with Crippen LogP contribution >= 0.6 is 0 Å². The molecule has 2 heterocycles. The Bertz CT molecular complexity index is 634. The summed E-state index contributed by atoms with van der Waals surface area (Å²) >= 11 is 0. The third-order valence-corrected chi connectivity index (χ3v) is 6.10. The lowest BCUT2D eigenvalue weighted by molar-refractivity contribution is -0.142. The van der Waals surface area contributed by atoms with Crippen LogP contribution in [0.1, 0.15) is 57.4 Å². The van der Waals surface area contributed by atoms with Gasteiger partial charge in [0.15, 0.2) is 0 Å². The number of benzene rings is 1. The van der Waals surface area contributed by atoms with Crippen molar-refractivity contribution in [1.82, 2.24) is 15.1 Å². The smallest absolute Gasteiger partial charge is 0.242 e. The Labute approximate surface area is 169 Å². The van der Waals surface area contributed by atoms with Gasteiger partial charge in [0, 0.05) is 32.6 Å². The maximum Gasteiger partial charge on any atom is 0.242 e. The molecule has 2 saturated heterocycles. The highest BCUT2D eigenvalue weighted by molar-refractivity contribution is 5.87. The van der Waals surface area contributed by atoms with E-state index in [2.05, 4.69) is 40.5 Å². The average Bonchev–Trinajstić information content (AvgIpc) is 2.97. The third-order valence-electron chi connectivity index (χ3n) is 6.10. The molecule has 1 N–H and O–H groups in total. The molecule has 2 aliphatic rings. The summed E-state index contributed by atoms with van der Waals surface area (Å²) in [5.41, 5.74) is 1.35. The lowest BCUT2D eigenvalue weighted by atomic mass is 9.99. The summed E-state index contributed by atoms with van der Waals surface area (Å²) in [6.45, 7) is 6.44. The summed E-state index contributed by atoms with van der Waals surface area (Å²) in [6.07, 6.45) is 6.90. The van der Waals surface area contributed by atoms with Gasteiger partial charge in [-0.3, -0.25) is 14.5 Å². The fraction of sp³-hybridized carbons (Fsp3) is 0.652. The van der Waals surface area contributed by atoms with Gasteiger partial charge in [0.25, 0.3) is 0 Å². The van der Waals surface area contributed by atoms with Crippen LogP contribution in [-0.4, -0.2) is 53.8 Å². The minimum Gasteiger partial charge on any atom is -0.354 e. The van der Waals surface area contributed by atoms with Gasteiger partial charge >= 0.3 is 0 Å². The number of piperidine rings is 1. The topological polar surface area (TPSA) is 52.7 Å². The molecule has 28 heavy (non-hydrogen) atoms. The Morgan fingerprint density at radius 3 is 2.57 bits per heavy atom. The largest absolute Gasteiger partial charge is 0.354 e. The molecule has 0 aromatic heterocycles. The molecule has 2 amide bonds. The first kappa shape index (κ1) is 20.8. The number of amides is 2. The first-order chi connectivity index (χ1) is 13.7. The molecule has 0 bridgehead atoms. The summed E-state index contributed by atoms with van der Waals surface area (Å²) < 4.78 is 0. The second-order valence-corrected chi connectivity index (χ2v) is 8.28. The van der Waals surface area contributed by atoms with Gasteiger partial charge < -0.3 is 10.2 Å². The number of hydrogen-bond acceptors (Lipinski definition) is 3. The van der Waals surface area contributed by atoms with Crippen molar-refractivity contribution in [3.63, 3.8) is 0 Å². The molecular weight excluding hydrogens is 350 g/mol. The average molecular weight is 386 g/mol. The van der Waals surface area contributed by atoms with E-state index in [-0.39, 0.29) is 17.9 Å². The Hall–Kier alpha value is -1.88. The van der Waals surface area contributed by atoms with Gasteiger partial charge in [0.05, 0.1) is 0 Å². The standard InChI is InChI=1S/C23H35N3O2/c1-2-22(27)26-15-9-7-13-21(26)23(28)24-16-20-12-6-8-14-25(18-20)17-19-10-4-3-5-11-19/h3-5,10-11,20-21H,2,6-9,12-18H2,1H3,(H,24,28)/t20-,21+/m0/s1. The summed E-state index contributed by atoms with van der Waals surface area (Å²) in [4.78, 5) is 29.3. The molecule has 5 heteroatoms. The van der Waals surface area contributed by atoms with Crippen LogP contribution in [0.2, 0.25) is 0 Å². The van der Waals surface area contributed by atoms with Crippen molar-refractivity contribution in [2.24, 2.45) is 5.92 Å². The van der Waals surface area contributed by atoms with Gasteiger partial charge in [0.1, 0.15) is 6.04 Å². The number of likely N-dealkylation sites (tertiary alicyclic amines) is 2. The number of carbonyl (C=O) groups excluding carboxylic acids is 2. The molecule has 1 aromatic rings. The molecular formula is C23H35N3O2. The summed E-state index contributed by atoms with van der Waals surface area (Å²) in [7, 11) is 0. The Balaban J connectivity index is 1.52. The fourth-order valence-electron chi connectivity index (χ4n) is 4.54. The maximum atomic E-state index is 12.8. The van der Waals surface area contributed by atoms with E-state index in [1.54, 1.807) is 4.90 Å². The van der Waals surface area contributed by atoms with E-state index in [0.717, 1.165) is 58.4 Å². The molecule has 5 nitrogen and oxygen atoms in total. The van der Waals surface area contributed by atoms with Crippen molar-refractivity contribution in [3.8, 4) is 0 Å². The summed E-state index contributed by atoms with van der Waals surface area (Å²) in [5, 5.41) is 3.18. The molecule has 2 aliphatic heterocycles. The van der Waals surface area contributed by atoms with E-state index in [1.807, 2.05) is 6.92 Å². The van der Waals surface area contributed by atoms with Crippen molar-refractivity contribution in [2.75, 3.05) is 26.2 Å². The van der Waals surface area contributed by atoms with Crippen molar-refractivity contribution >= 4 is 11.8 Å². The van der Waals surface area contributed by atoms with Crippen molar-refractivity contribution in [2.45, 2.75) is 64.5 Å². The zero-order valence-electron chi connectivity index (χ0n) is 17.2. The van der Waals surface area contributed by atoms with Crippen LogP contribution in [-0.2, 0) is 16.1 Å². The van der Waals surface area contributed by atoms with E-state index in [0.29, 0.717) is 12.3 Å². The SMILES string of the molecule is CCC(=O)N1CCCC[C@@H]1C(=O)NC[C@@H]1CCCCN(Cc2ccccc2)C1. The van der Waals surface area contributed by atoms with E-state index in [1.165, 1.54) is 18.4 Å². The molecule has 2 fully saturated rings. The monoisotopic (exact) mass is 385 g/mol. The van der Waals surface area contributed by atoms with E-state index in [4.69, 9.17) is 0 Å². The van der Waals surface area contributed by atoms with Gasteiger partial charge in [-0.05, 0) is 50.1 Å². The molecule has 0 unspecified atom stereocenters. The molecule has 0 spiro atoms. The van der Waals surface area contributed by atoms with Gasteiger partial charge in [-0.2, -0.15) is 0 Å². The molecule has 2 atom stereocenters. The predicted octanol–water partition coefficient (Wildman–Crippen LogP) is 3.20. The highest BCUT2D eigenvalue weighted by Gasteiger charge is 2.31. The van der Waals surface area contributed by atoms with Gasteiger partial charge in [-0.15, -0.1) is 0 Å². The van der Waals surface area contributed by atoms with Crippen LogP contribution in [0.15, 0.2) is 30.3 Å². The molecule has 0 saturated carbocycles. The number of nitrogens with one attached hydrogen (secondary N) is 1. The molecule has 0 radical (unpaired) electrons. The van der Waals surface area contributed by atoms with Crippen LogP contribution in [0.4, 0.5) is 0 Å². The normalized spacial score (nSPS) is 23.8. The highest BCUT2D eigenvalue weighted by Crippen LogP contribution is 2.20. The summed E-state index contributed by atoms with van der Waals surface area (Å²) in [6, 6.07) is 10.3. The van der Waals surface area contributed by atoms with Crippen LogP contribution in [0.3, 0.4) is 0 Å². The number of hydrogen-bond donors (Lipinski definition) is 1. The van der Waals surface area contributed by atoms with Crippen LogP contribution in [0, 0.1) is 5.92 Å². The van der Waals surface area contributed by atoms with Crippen LogP contribution < -0.4 is 5.32 Å². The van der Waals surface area contributed by atoms with Crippen LogP contribution in [0.25, 0.3) is 0 Å². The minimum absolute atomic E-state index is 0.0420. The van der Waals surface area contributed by atoms with Crippen molar-refractivity contribution in [1.29, 1.82) is 0 Å². The van der Waals surface area contributed by atoms with Gasteiger partial charge in [0.2, 0.25) is 11.8 Å². The molecule has 1 aromatic carbocycles. The Morgan fingerprint density at radius 1 is 1.04 bits per heavy atom. The molecule has 154 valence electrons. The highest BCUT2D eigenvalue weighted by atomic mass is 16.2. The Kier molecular flexibility index (Phi) is 7.90. The predicted molar refractivity (Wildman–Crippen MR) is 112 cm³/mol. The maximum absolute atomic E-state index is 12.8. The van der Waals surface area contributed by atoms with Crippen molar-refractivity contribution < 1.29 is 9.59 Å². The first-order valence-electron chi connectivity index (χ1n) is 11.0. The van der Waals surface area contributed by atoms with E-state index >= 15 is 0 Å². The number of nitrogens with zero attached hydrogens (tertiary/aromatic N) is 2. The second-order valence-electron chi connectivity index (χ2n) is 8.28. The quantitative estimate of drug-likeness (QED) is 0.818. The lowest BCUT2D eigenvalue weighted by Crippen LogP contribution is -2.52. The van der Waals surface area contributed by atoms with Gasteiger partial charge in [-0.1, -0.05) is 43.7 Å². The fourth-order valence-corrected chi connectivity index (χ4v) is 4.54. The second kappa shape index (κ2) is 10.6. The minimum atomic E-state index is -0.271. The number of carbonyl (C=O) groups is 2. The van der Waals surface area contributed by atoms with Crippen molar-refractivity contribution in [3.05, 3.63) is 35.9 Å². The van der Waals surface area contributed by atoms with E-state index in [9.17, 15) is 9.59 Å². The lowest BCUT2D eigenvalue weighted by Gasteiger charge is -2.35. The number of rotatable bonds is 6. The van der Waals surface area contributed by atoms with Crippen LogP contribution in [0.5, 0.6) is 0 Å². The summed E-state index contributed by atoms with van der Waals surface area (Å²) in [5.74, 6) is 0.623. The Morgan fingerprint density at radius 2 is 1.79 bits per heavy atom. The molecule has 3 rings (SSSR count).